The van der Waals surface area contributed by atoms with E-state index in [1.807, 2.05) is 13.8 Å². The van der Waals surface area contributed by atoms with E-state index in [2.05, 4.69) is 10.6 Å². The molecule has 0 aliphatic rings. The predicted molar refractivity (Wildman–Crippen MR) is 125 cm³/mol. The Morgan fingerprint density at radius 2 is 1.06 bits per heavy atom. The van der Waals surface area contributed by atoms with Crippen LogP contribution in [0.15, 0.2) is 48.5 Å². The van der Waals surface area contributed by atoms with Crippen LogP contribution in [0.1, 0.15) is 37.8 Å². The van der Waals surface area contributed by atoms with Gasteiger partial charge in [-0.2, -0.15) is 0 Å². The van der Waals surface area contributed by atoms with Crippen LogP contribution in [0.5, 0.6) is 11.5 Å². The number of esters is 2. The molecule has 2 aromatic carbocycles. The molecular formula is C25H32N2O7. The van der Waals surface area contributed by atoms with Crippen molar-refractivity contribution in [2.45, 2.75) is 51.6 Å². The summed E-state index contributed by atoms with van der Waals surface area (Å²) < 4.78 is 10.4. The van der Waals surface area contributed by atoms with Crippen molar-refractivity contribution in [2.24, 2.45) is 0 Å². The minimum absolute atomic E-state index is 0.0854. The van der Waals surface area contributed by atoms with E-state index in [0.29, 0.717) is 24.0 Å². The molecule has 0 aliphatic heterocycles. The zero-order valence-electron chi connectivity index (χ0n) is 19.5. The fraction of sp³-hybridized carbons (Fsp3) is 0.400. The van der Waals surface area contributed by atoms with Gasteiger partial charge in [-0.3, -0.25) is 0 Å². The Bertz CT molecular complexity index is 854. The first-order valence-electron chi connectivity index (χ1n) is 11.3. The fourth-order valence-electron chi connectivity index (χ4n) is 3.09. The Morgan fingerprint density at radius 3 is 1.38 bits per heavy atom. The van der Waals surface area contributed by atoms with E-state index in [4.69, 9.17) is 9.47 Å². The highest BCUT2D eigenvalue weighted by Crippen LogP contribution is 2.13. The molecule has 2 unspecified atom stereocenters. The topological polar surface area (TPSA) is 134 Å². The molecule has 0 heterocycles. The zero-order chi connectivity index (χ0) is 24.9. The molecule has 2 aromatic rings. The Labute approximate surface area is 199 Å². The molecule has 2 rings (SSSR count). The van der Waals surface area contributed by atoms with Crippen molar-refractivity contribution in [1.82, 2.24) is 10.6 Å². The number of carbonyl (C=O) groups is 3. The lowest BCUT2D eigenvalue weighted by Crippen LogP contribution is -2.53. The van der Waals surface area contributed by atoms with E-state index in [-0.39, 0.29) is 37.6 Å². The minimum atomic E-state index is -1.00. The van der Waals surface area contributed by atoms with Crippen molar-refractivity contribution in [2.75, 3.05) is 13.2 Å². The quantitative estimate of drug-likeness (QED) is 0.349. The maximum Gasteiger partial charge on any atom is 0.329 e. The van der Waals surface area contributed by atoms with Crippen molar-refractivity contribution >= 4 is 18.0 Å². The van der Waals surface area contributed by atoms with Crippen LogP contribution in [0.25, 0.3) is 0 Å². The van der Waals surface area contributed by atoms with Crippen LogP contribution in [0.4, 0.5) is 4.79 Å². The van der Waals surface area contributed by atoms with Crippen LogP contribution in [0.2, 0.25) is 0 Å². The third-order valence-electron chi connectivity index (χ3n) is 4.83. The van der Waals surface area contributed by atoms with Crippen LogP contribution in [0, 0.1) is 0 Å². The van der Waals surface area contributed by atoms with E-state index in [0.717, 1.165) is 0 Å². The molecule has 0 bridgehead atoms. The summed E-state index contributed by atoms with van der Waals surface area (Å²) in [5.74, 6) is -1.04. The molecule has 2 atom stereocenters. The van der Waals surface area contributed by atoms with Gasteiger partial charge in [0.25, 0.3) is 0 Å². The molecule has 0 radical (unpaired) electrons. The highest BCUT2D eigenvalue weighted by Gasteiger charge is 2.27. The first-order valence-corrected chi connectivity index (χ1v) is 11.3. The highest BCUT2D eigenvalue weighted by molar-refractivity contribution is 5.87. The molecule has 9 nitrogen and oxygen atoms in total. The largest absolute Gasteiger partial charge is 0.508 e. The lowest BCUT2D eigenvalue weighted by molar-refractivity contribution is -0.146. The molecule has 0 saturated heterocycles. The average molecular weight is 473 g/mol. The van der Waals surface area contributed by atoms with Gasteiger partial charge >= 0.3 is 18.0 Å². The van der Waals surface area contributed by atoms with Gasteiger partial charge in [0.15, 0.2) is 0 Å². The number of urea groups is 1. The summed E-state index contributed by atoms with van der Waals surface area (Å²) in [6, 6.07) is 9.79. The molecule has 4 N–H and O–H groups in total. The highest BCUT2D eigenvalue weighted by atomic mass is 16.5. The number of hydrogen-bond acceptors (Lipinski definition) is 7. The van der Waals surface area contributed by atoms with Crippen molar-refractivity contribution in [3.8, 4) is 11.5 Å². The number of ether oxygens (including phenoxy) is 2. The van der Waals surface area contributed by atoms with Gasteiger partial charge in [0.1, 0.15) is 23.6 Å². The Kier molecular flexibility index (Phi) is 10.7. The van der Waals surface area contributed by atoms with Crippen LogP contribution < -0.4 is 10.6 Å². The first-order chi connectivity index (χ1) is 16.3. The lowest BCUT2D eigenvalue weighted by atomic mass is 10.1. The molecule has 184 valence electrons. The predicted octanol–water partition coefficient (Wildman–Crippen LogP) is 2.83. The maximum atomic E-state index is 12.8. The third-order valence-corrected chi connectivity index (χ3v) is 4.83. The van der Waals surface area contributed by atoms with E-state index in [1.165, 1.54) is 24.3 Å². The summed E-state index contributed by atoms with van der Waals surface area (Å²) in [6.07, 6.45) is 1.53. The Balaban J connectivity index is 2.12. The van der Waals surface area contributed by atoms with Crippen LogP contribution in [-0.4, -0.2) is 53.5 Å². The number of nitrogens with one attached hydrogen (secondary N) is 2. The number of phenolic OH excluding ortho intramolecular Hbond substituents is 2. The molecule has 0 fully saturated rings. The number of hydrogen-bond donors (Lipinski definition) is 4. The summed E-state index contributed by atoms with van der Waals surface area (Å²) in [6.45, 7) is 4.14. The van der Waals surface area contributed by atoms with Gasteiger partial charge in [-0.05, 0) is 48.2 Å². The molecule has 9 heteroatoms. The van der Waals surface area contributed by atoms with Crippen LogP contribution in [0.3, 0.4) is 0 Å². The number of phenols is 2. The second kappa shape index (κ2) is 13.7. The minimum Gasteiger partial charge on any atom is -0.508 e. The number of amides is 2. The summed E-state index contributed by atoms with van der Waals surface area (Å²) in [5, 5.41) is 24.1. The monoisotopic (exact) mass is 472 g/mol. The molecule has 2 amide bonds. The summed E-state index contributed by atoms with van der Waals surface area (Å²) in [5.41, 5.74) is 1.42. The van der Waals surface area contributed by atoms with Gasteiger partial charge in [0.05, 0.1) is 13.2 Å². The molecule has 0 spiro atoms. The smallest absolute Gasteiger partial charge is 0.329 e. The molecule has 0 saturated carbocycles. The van der Waals surface area contributed by atoms with Gasteiger partial charge in [0, 0.05) is 12.8 Å². The van der Waals surface area contributed by atoms with Crippen molar-refractivity contribution in [1.29, 1.82) is 0 Å². The fourth-order valence-corrected chi connectivity index (χ4v) is 3.09. The van der Waals surface area contributed by atoms with Crippen LogP contribution in [-0.2, 0) is 31.9 Å². The first kappa shape index (κ1) is 26.5. The second-order valence-corrected chi connectivity index (χ2v) is 7.80. The molecule has 34 heavy (non-hydrogen) atoms. The van der Waals surface area contributed by atoms with Gasteiger partial charge in [0.2, 0.25) is 0 Å². The maximum absolute atomic E-state index is 12.8. The van der Waals surface area contributed by atoms with E-state index in [9.17, 15) is 24.6 Å². The van der Waals surface area contributed by atoms with E-state index in [1.54, 1.807) is 24.3 Å². The SMILES string of the molecule is CCCOC(=O)C(Cc1ccc(O)cc1)NC(=O)NC(Cc1ccc(O)cc1)C(=O)OCCC. The summed E-state index contributed by atoms with van der Waals surface area (Å²) in [4.78, 5) is 37.9. The van der Waals surface area contributed by atoms with E-state index >= 15 is 0 Å². The average Bonchev–Trinajstić information content (AvgIpc) is 2.82. The second-order valence-electron chi connectivity index (χ2n) is 7.80. The Hall–Kier alpha value is -3.75. The Morgan fingerprint density at radius 1 is 0.706 bits per heavy atom. The number of aromatic hydroxyl groups is 2. The summed E-state index contributed by atoms with van der Waals surface area (Å²) >= 11 is 0. The third kappa shape index (κ3) is 9.01. The van der Waals surface area contributed by atoms with Crippen LogP contribution >= 0.6 is 0 Å². The normalized spacial score (nSPS) is 12.3. The number of benzene rings is 2. The van der Waals surface area contributed by atoms with Gasteiger partial charge < -0.3 is 30.3 Å². The summed E-state index contributed by atoms with van der Waals surface area (Å²) in [7, 11) is 0. The van der Waals surface area contributed by atoms with Crippen molar-refractivity contribution in [3.63, 3.8) is 0 Å². The molecule has 0 aliphatic carbocycles. The van der Waals surface area contributed by atoms with Crippen molar-refractivity contribution < 1.29 is 34.1 Å². The van der Waals surface area contributed by atoms with Crippen molar-refractivity contribution in [3.05, 3.63) is 59.7 Å². The standard InChI is InChI=1S/C25H32N2O7/c1-3-13-33-23(30)21(15-17-5-9-19(28)10-6-17)26-25(32)27-22(24(31)34-14-4-2)16-18-7-11-20(29)12-8-18/h5-12,21-22,28-29H,3-4,13-16H2,1-2H3,(H2,26,27,32). The van der Waals surface area contributed by atoms with Gasteiger partial charge in [-0.25, -0.2) is 14.4 Å². The van der Waals surface area contributed by atoms with E-state index < -0.39 is 30.1 Å². The molecule has 0 aromatic heterocycles. The van der Waals surface area contributed by atoms with Gasteiger partial charge in [-0.1, -0.05) is 38.1 Å². The number of rotatable bonds is 12. The van der Waals surface area contributed by atoms with Gasteiger partial charge in [-0.15, -0.1) is 0 Å². The lowest BCUT2D eigenvalue weighted by Gasteiger charge is -2.22. The molecular weight excluding hydrogens is 440 g/mol. The number of carbonyl (C=O) groups excluding carboxylic acids is 3. The zero-order valence-corrected chi connectivity index (χ0v) is 19.5.